The molecule has 1 heterocycles. The van der Waals surface area contributed by atoms with Gasteiger partial charge in [0.25, 0.3) is 5.91 Å². The molecule has 0 unspecified atom stereocenters. The van der Waals surface area contributed by atoms with Gasteiger partial charge in [0.15, 0.2) is 0 Å². The van der Waals surface area contributed by atoms with E-state index in [0.717, 1.165) is 41.9 Å². The van der Waals surface area contributed by atoms with Gasteiger partial charge in [-0.3, -0.25) is 4.79 Å². The molecular formula is C25H25NO5S. The quantitative estimate of drug-likeness (QED) is 0.380. The molecule has 0 saturated carbocycles. The predicted molar refractivity (Wildman–Crippen MR) is 124 cm³/mol. The van der Waals surface area contributed by atoms with E-state index < -0.39 is 5.97 Å². The van der Waals surface area contributed by atoms with E-state index in [2.05, 4.69) is 5.32 Å². The van der Waals surface area contributed by atoms with Crippen molar-refractivity contribution >= 4 is 28.2 Å². The van der Waals surface area contributed by atoms with Crippen molar-refractivity contribution in [2.24, 2.45) is 0 Å². The van der Waals surface area contributed by atoms with Crippen LogP contribution in [0.15, 0.2) is 54.6 Å². The van der Waals surface area contributed by atoms with Crippen LogP contribution in [0.5, 0.6) is 11.5 Å². The molecule has 1 amide bonds. The molecule has 4 rings (SSSR count). The van der Waals surface area contributed by atoms with E-state index in [1.165, 1.54) is 18.4 Å². The zero-order valence-corrected chi connectivity index (χ0v) is 18.7. The first-order chi connectivity index (χ1) is 15.7. The van der Waals surface area contributed by atoms with Gasteiger partial charge in [-0.2, -0.15) is 0 Å². The van der Waals surface area contributed by atoms with Crippen LogP contribution in [-0.4, -0.2) is 32.2 Å². The average molecular weight is 452 g/mol. The van der Waals surface area contributed by atoms with Crippen LogP contribution in [0.1, 0.15) is 44.0 Å². The number of benzene rings is 2. The number of methoxy groups -OCH3 is 1. The molecule has 7 heteroatoms. The number of para-hydroxylation sites is 1. The maximum Gasteiger partial charge on any atom is 0.341 e. The summed E-state index contributed by atoms with van der Waals surface area (Å²) in [6, 6.07) is 16.5. The van der Waals surface area contributed by atoms with E-state index in [0.29, 0.717) is 35.1 Å². The third-order valence-electron chi connectivity index (χ3n) is 5.25. The lowest BCUT2D eigenvalue weighted by Gasteiger charge is -2.12. The Kier molecular flexibility index (Phi) is 7.07. The van der Waals surface area contributed by atoms with Crippen molar-refractivity contribution in [2.75, 3.05) is 25.6 Å². The number of carbonyl (C=O) groups is 2. The van der Waals surface area contributed by atoms with Crippen molar-refractivity contribution in [3.05, 3.63) is 76.2 Å². The van der Waals surface area contributed by atoms with Crippen LogP contribution >= 0.6 is 11.3 Å². The third-order valence-corrected chi connectivity index (χ3v) is 6.46. The van der Waals surface area contributed by atoms with Gasteiger partial charge in [-0.15, -0.1) is 11.3 Å². The topological polar surface area (TPSA) is 73.9 Å². The highest BCUT2D eigenvalue weighted by Gasteiger charge is 2.27. The highest BCUT2D eigenvalue weighted by atomic mass is 32.1. The molecule has 0 atom stereocenters. The van der Waals surface area contributed by atoms with Crippen LogP contribution in [0, 0.1) is 0 Å². The van der Waals surface area contributed by atoms with Crippen molar-refractivity contribution in [2.45, 2.75) is 25.7 Å². The summed E-state index contributed by atoms with van der Waals surface area (Å²) in [6.45, 7) is 0.744. The molecule has 0 fully saturated rings. The van der Waals surface area contributed by atoms with Crippen LogP contribution in [0.4, 0.5) is 5.00 Å². The molecule has 1 aliphatic rings. The van der Waals surface area contributed by atoms with E-state index in [1.54, 1.807) is 24.3 Å². The number of thiophene rings is 1. The molecule has 1 N–H and O–H groups in total. The summed E-state index contributed by atoms with van der Waals surface area (Å²) in [4.78, 5) is 26.5. The molecule has 0 saturated heterocycles. The number of rotatable bonds is 8. The highest BCUT2D eigenvalue weighted by molar-refractivity contribution is 7.17. The Morgan fingerprint density at radius 1 is 0.938 bits per heavy atom. The standard InChI is InChI=1S/C25H25NO5S/c1-29-25(28)22-20-12-5-6-13-21(20)32-24(22)26-23(27)17-8-7-11-19(16-17)31-15-14-30-18-9-3-2-4-10-18/h2-4,7-11,16H,5-6,12-15H2,1H3,(H,26,27). The minimum absolute atomic E-state index is 0.292. The number of ether oxygens (including phenoxy) is 3. The van der Waals surface area contributed by atoms with Gasteiger partial charge < -0.3 is 19.5 Å². The Morgan fingerprint density at radius 3 is 2.44 bits per heavy atom. The summed E-state index contributed by atoms with van der Waals surface area (Å²) in [6.07, 6.45) is 3.89. The highest BCUT2D eigenvalue weighted by Crippen LogP contribution is 2.38. The maximum atomic E-state index is 12.9. The molecule has 1 aromatic heterocycles. The van der Waals surface area contributed by atoms with Crippen LogP contribution < -0.4 is 14.8 Å². The number of aryl methyl sites for hydroxylation is 1. The third kappa shape index (κ3) is 5.11. The van der Waals surface area contributed by atoms with Gasteiger partial charge in [0.05, 0.1) is 12.7 Å². The van der Waals surface area contributed by atoms with Crippen LogP contribution in [0.25, 0.3) is 0 Å². The van der Waals surface area contributed by atoms with Crippen LogP contribution in [0.2, 0.25) is 0 Å². The summed E-state index contributed by atoms with van der Waals surface area (Å²) < 4.78 is 16.3. The van der Waals surface area contributed by atoms with E-state index in [9.17, 15) is 9.59 Å². The number of nitrogens with one attached hydrogen (secondary N) is 1. The van der Waals surface area contributed by atoms with Crippen molar-refractivity contribution in [1.29, 1.82) is 0 Å². The fraction of sp³-hybridized carbons (Fsp3) is 0.280. The second-order valence-electron chi connectivity index (χ2n) is 7.40. The lowest BCUT2D eigenvalue weighted by molar-refractivity contribution is 0.0601. The van der Waals surface area contributed by atoms with E-state index >= 15 is 0 Å². The Hall–Kier alpha value is -3.32. The van der Waals surface area contributed by atoms with Gasteiger partial charge in [-0.1, -0.05) is 24.3 Å². The maximum absolute atomic E-state index is 12.9. The molecule has 1 aliphatic carbocycles. The van der Waals surface area contributed by atoms with Crippen molar-refractivity contribution in [3.63, 3.8) is 0 Å². The van der Waals surface area contributed by atoms with Gasteiger partial charge in [0.2, 0.25) is 0 Å². The summed E-state index contributed by atoms with van der Waals surface area (Å²) in [5, 5.41) is 3.47. The number of anilines is 1. The summed E-state index contributed by atoms with van der Waals surface area (Å²) in [5.41, 5.74) is 1.96. The van der Waals surface area contributed by atoms with Crippen molar-refractivity contribution in [1.82, 2.24) is 0 Å². The van der Waals surface area contributed by atoms with E-state index in [-0.39, 0.29) is 5.91 Å². The summed E-state index contributed by atoms with van der Waals surface area (Å²) >= 11 is 1.47. The number of esters is 1. The van der Waals surface area contributed by atoms with Crippen molar-refractivity contribution in [3.8, 4) is 11.5 Å². The second-order valence-corrected chi connectivity index (χ2v) is 8.50. The van der Waals surface area contributed by atoms with Crippen molar-refractivity contribution < 1.29 is 23.8 Å². The molecule has 0 bridgehead atoms. The number of fused-ring (bicyclic) bond motifs is 1. The molecule has 166 valence electrons. The minimum atomic E-state index is -0.407. The smallest absolute Gasteiger partial charge is 0.341 e. The van der Waals surface area contributed by atoms with Gasteiger partial charge in [0.1, 0.15) is 29.7 Å². The summed E-state index contributed by atoms with van der Waals surface area (Å²) in [7, 11) is 1.36. The summed E-state index contributed by atoms with van der Waals surface area (Å²) in [5.74, 6) is 0.659. The Labute approximate surface area is 191 Å². The number of carbonyl (C=O) groups excluding carboxylic acids is 2. The predicted octanol–water partition coefficient (Wildman–Crippen LogP) is 5.12. The van der Waals surface area contributed by atoms with E-state index in [4.69, 9.17) is 14.2 Å². The van der Waals surface area contributed by atoms with Gasteiger partial charge >= 0.3 is 5.97 Å². The normalized spacial score (nSPS) is 12.5. The molecule has 0 spiro atoms. The first-order valence-electron chi connectivity index (χ1n) is 10.6. The van der Waals surface area contributed by atoms with Gasteiger partial charge in [-0.25, -0.2) is 4.79 Å². The lowest BCUT2D eigenvalue weighted by Crippen LogP contribution is -2.15. The molecule has 2 aromatic carbocycles. The molecular weight excluding hydrogens is 426 g/mol. The minimum Gasteiger partial charge on any atom is -0.490 e. The first kappa shape index (κ1) is 21.9. The molecule has 6 nitrogen and oxygen atoms in total. The average Bonchev–Trinajstić information content (AvgIpc) is 3.20. The zero-order chi connectivity index (χ0) is 22.3. The largest absolute Gasteiger partial charge is 0.490 e. The monoisotopic (exact) mass is 451 g/mol. The van der Waals surface area contributed by atoms with Crippen LogP contribution in [-0.2, 0) is 17.6 Å². The molecule has 3 aromatic rings. The number of hydrogen-bond donors (Lipinski definition) is 1. The Bertz CT molecular complexity index is 1090. The number of amides is 1. The lowest BCUT2D eigenvalue weighted by atomic mass is 9.95. The Morgan fingerprint density at radius 2 is 1.66 bits per heavy atom. The fourth-order valence-electron chi connectivity index (χ4n) is 3.71. The second kappa shape index (κ2) is 10.3. The number of hydrogen-bond acceptors (Lipinski definition) is 6. The molecule has 32 heavy (non-hydrogen) atoms. The fourth-order valence-corrected chi connectivity index (χ4v) is 4.98. The van der Waals surface area contributed by atoms with Gasteiger partial charge in [0, 0.05) is 10.4 Å². The first-order valence-corrected chi connectivity index (χ1v) is 11.4. The van der Waals surface area contributed by atoms with E-state index in [1.807, 2.05) is 30.3 Å². The van der Waals surface area contributed by atoms with Gasteiger partial charge in [-0.05, 0) is 61.6 Å². The molecule has 0 aliphatic heterocycles. The molecule has 0 radical (unpaired) electrons. The zero-order valence-electron chi connectivity index (χ0n) is 17.9. The van der Waals surface area contributed by atoms with Crippen LogP contribution in [0.3, 0.4) is 0 Å². The Balaban J connectivity index is 1.41. The SMILES string of the molecule is COC(=O)c1c(NC(=O)c2cccc(OCCOc3ccccc3)c2)sc2c1CCCC2.